The summed E-state index contributed by atoms with van der Waals surface area (Å²) in [6.45, 7) is 7.27. The molecule has 7 nitrogen and oxygen atoms in total. The van der Waals surface area contributed by atoms with E-state index < -0.39 is 0 Å². The van der Waals surface area contributed by atoms with Gasteiger partial charge in [0, 0.05) is 81.1 Å². The zero-order chi connectivity index (χ0) is 27.6. The van der Waals surface area contributed by atoms with E-state index >= 15 is 0 Å². The van der Waals surface area contributed by atoms with Crippen LogP contribution in [0.25, 0.3) is 33.1 Å². The Kier molecular flexibility index (Phi) is 7.22. The van der Waals surface area contributed by atoms with Crippen molar-refractivity contribution >= 4 is 27.6 Å². The summed E-state index contributed by atoms with van der Waals surface area (Å²) >= 11 is 0. The number of fused-ring (bicyclic) bond motifs is 2. The number of aromatic nitrogens is 4. The van der Waals surface area contributed by atoms with E-state index in [1.807, 2.05) is 18.5 Å². The van der Waals surface area contributed by atoms with Crippen LogP contribution in [0.1, 0.15) is 24.4 Å². The molecule has 204 valence electrons. The summed E-state index contributed by atoms with van der Waals surface area (Å²) in [5.41, 5.74) is 8.62. The minimum atomic E-state index is 0.144. The summed E-state index contributed by atoms with van der Waals surface area (Å²) in [5, 5.41) is 5.16. The molecule has 2 aromatic carbocycles. The number of nitrogens with one attached hydrogen (secondary N) is 1. The van der Waals surface area contributed by atoms with Crippen LogP contribution >= 0.6 is 0 Å². The van der Waals surface area contributed by atoms with Crippen LogP contribution in [0, 0.1) is 5.92 Å². The summed E-state index contributed by atoms with van der Waals surface area (Å²) in [6.07, 6.45) is 11.7. The zero-order valence-electron chi connectivity index (χ0n) is 23.6. The second kappa shape index (κ2) is 11.1. The Morgan fingerprint density at radius 1 is 1.05 bits per heavy atom. The Bertz CT molecular complexity index is 1630. The topological polar surface area (TPSA) is 62.1 Å². The number of likely N-dealkylation sites (N-methyl/N-ethyl adjacent to an activating group) is 1. The van der Waals surface area contributed by atoms with Crippen LogP contribution in [0.2, 0.25) is 0 Å². The first-order valence-corrected chi connectivity index (χ1v) is 14.0. The maximum atomic E-state index is 4.74. The van der Waals surface area contributed by atoms with Crippen molar-refractivity contribution in [3.63, 3.8) is 0 Å². The molecule has 0 bridgehead atoms. The molecule has 40 heavy (non-hydrogen) atoms. The van der Waals surface area contributed by atoms with E-state index in [1.165, 1.54) is 16.5 Å². The second-order valence-corrected chi connectivity index (χ2v) is 11.1. The Morgan fingerprint density at radius 2 is 1.88 bits per heavy atom. The van der Waals surface area contributed by atoms with Crippen molar-refractivity contribution < 1.29 is 0 Å². The normalized spacial score (nSPS) is 15.4. The first kappa shape index (κ1) is 26.0. The predicted molar refractivity (Wildman–Crippen MR) is 164 cm³/mol. The van der Waals surface area contributed by atoms with Crippen molar-refractivity contribution in [3.05, 3.63) is 97.4 Å². The number of likely N-dealkylation sites (tertiary alicyclic amines) is 1. The fourth-order valence-corrected chi connectivity index (χ4v) is 5.86. The van der Waals surface area contributed by atoms with Crippen LogP contribution in [0.5, 0.6) is 0 Å². The lowest BCUT2D eigenvalue weighted by Crippen LogP contribution is -2.39. The molecule has 0 spiro atoms. The van der Waals surface area contributed by atoms with Gasteiger partial charge in [-0.1, -0.05) is 24.8 Å². The van der Waals surface area contributed by atoms with Crippen LogP contribution in [0.3, 0.4) is 0 Å². The van der Waals surface area contributed by atoms with Crippen molar-refractivity contribution in [2.24, 2.45) is 13.0 Å². The Labute approximate surface area is 236 Å². The van der Waals surface area contributed by atoms with Crippen molar-refractivity contribution in [1.82, 2.24) is 29.3 Å². The van der Waals surface area contributed by atoms with Gasteiger partial charge >= 0.3 is 0 Å². The maximum absolute atomic E-state index is 4.74. The third-order valence-electron chi connectivity index (χ3n) is 8.28. The van der Waals surface area contributed by atoms with Crippen molar-refractivity contribution in [2.45, 2.75) is 18.9 Å². The van der Waals surface area contributed by atoms with Gasteiger partial charge in [0.2, 0.25) is 0 Å². The van der Waals surface area contributed by atoms with E-state index in [4.69, 9.17) is 9.97 Å². The molecular formula is C33H37N7. The first-order valence-electron chi connectivity index (χ1n) is 14.0. The quantitative estimate of drug-likeness (QED) is 0.260. The van der Waals surface area contributed by atoms with Gasteiger partial charge in [-0.2, -0.15) is 0 Å². The predicted octanol–water partition coefficient (Wildman–Crippen LogP) is 6.12. The van der Waals surface area contributed by atoms with Gasteiger partial charge in [0.15, 0.2) is 0 Å². The molecule has 1 atom stereocenters. The van der Waals surface area contributed by atoms with E-state index in [1.54, 1.807) is 12.4 Å². The third-order valence-corrected chi connectivity index (χ3v) is 8.28. The van der Waals surface area contributed by atoms with E-state index in [2.05, 4.69) is 101 Å². The smallest absolute Gasteiger partial charge is 0.0966 e. The molecular weight excluding hydrogens is 494 g/mol. The van der Waals surface area contributed by atoms with Gasteiger partial charge in [-0.15, -0.1) is 0 Å². The number of nitrogens with zero attached hydrogens (tertiary/aromatic N) is 6. The van der Waals surface area contributed by atoms with Crippen molar-refractivity contribution in [3.8, 4) is 11.1 Å². The highest BCUT2D eigenvalue weighted by Gasteiger charge is 2.28. The molecule has 7 heteroatoms. The SMILES string of the molecule is C=C(CN1CCC(C(Nc2cc(-c3ccc4ccn(C)c4c3)c3nccnc3c2)c2cccnc2)CC1)N(C)C. The van der Waals surface area contributed by atoms with Crippen molar-refractivity contribution in [2.75, 3.05) is 39.0 Å². The third kappa shape index (κ3) is 5.29. The molecule has 1 aliphatic heterocycles. The highest BCUT2D eigenvalue weighted by Crippen LogP contribution is 2.37. The molecule has 4 heterocycles. The number of anilines is 1. The molecule has 3 aromatic heterocycles. The number of aryl methyl sites for hydroxylation is 1. The molecule has 1 saturated heterocycles. The highest BCUT2D eigenvalue weighted by atomic mass is 15.2. The lowest BCUT2D eigenvalue weighted by molar-refractivity contribution is 0.176. The standard InChI is InChI=1S/C33H37N7/c1-23(38(2)3)22-40-16-10-25(11-17-40)32(27-6-5-12-34-21-27)37-28-19-29(33-30(20-28)35-13-14-36-33)26-8-7-24-9-15-39(4)31(24)18-26/h5-9,12-15,18-21,25,32,37H,1,10-11,16-17,22H2,2-4H3. The van der Waals surface area contributed by atoms with Crippen LogP contribution in [0.15, 0.2) is 91.8 Å². The summed E-state index contributed by atoms with van der Waals surface area (Å²) in [5.74, 6) is 0.480. The summed E-state index contributed by atoms with van der Waals surface area (Å²) in [4.78, 5) is 18.5. The van der Waals surface area contributed by atoms with Crippen LogP contribution in [-0.2, 0) is 7.05 Å². The zero-order valence-corrected chi connectivity index (χ0v) is 23.6. The molecule has 0 amide bonds. The van der Waals surface area contributed by atoms with Gasteiger partial charge in [-0.25, -0.2) is 0 Å². The van der Waals surface area contributed by atoms with Crippen LogP contribution in [0.4, 0.5) is 5.69 Å². The molecule has 0 saturated carbocycles. The molecule has 1 N–H and O–H groups in total. The Hall–Kier alpha value is -4.23. The van der Waals surface area contributed by atoms with E-state index in [0.29, 0.717) is 5.92 Å². The number of hydrogen-bond donors (Lipinski definition) is 1. The van der Waals surface area contributed by atoms with Gasteiger partial charge in [0.05, 0.1) is 17.1 Å². The lowest BCUT2D eigenvalue weighted by atomic mass is 9.85. The van der Waals surface area contributed by atoms with Gasteiger partial charge in [-0.05, 0) is 78.7 Å². The van der Waals surface area contributed by atoms with Gasteiger partial charge in [-0.3, -0.25) is 19.9 Å². The second-order valence-electron chi connectivity index (χ2n) is 11.1. The summed E-state index contributed by atoms with van der Waals surface area (Å²) in [7, 11) is 6.22. The average Bonchev–Trinajstić information content (AvgIpc) is 3.36. The van der Waals surface area contributed by atoms with Gasteiger partial charge in [0.1, 0.15) is 0 Å². The van der Waals surface area contributed by atoms with Crippen LogP contribution < -0.4 is 5.32 Å². The molecule has 1 unspecified atom stereocenters. The van der Waals surface area contributed by atoms with E-state index in [9.17, 15) is 0 Å². The average molecular weight is 532 g/mol. The molecule has 1 aliphatic rings. The van der Waals surface area contributed by atoms with E-state index in [-0.39, 0.29) is 6.04 Å². The van der Waals surface area contributed by atoms with Gasteiger partial charge in [0.25, 0.3) is 0 Å². The number of hydrogen-bond acceptors (Lipinski definition) is 6. The number of pyridine rings is 1. The largest absolute Gasteiger partial charge is 0.380 e. The van der Waals surface area contributed by atoms with Gasteiger partial charge < -0.3 is 14.8 Å². The summed E-state index contributed by atoms with van der Waals surface area (Å²) in [6, 6.07) is 17.5. The molecule has 0 aliphatic carbocycles. The summed E-state index contributed by atoms with van der Waals surface area (Å²) < 4.78 is 2.16. The molecule has 0 radical (unpaired) electrons. The fraction of sp³-hybridized carbons (Fsp3) is 0.303. The number of piperidine rings is 1. The number of benzene rings is 2. The highest BCUT2D eigenvalue weighted by molar-refractivity contribution is 5.97. The van der Waals surface area contributed by atoms with Crippen molar-refractivity contribution in [1.29, 1.82) is 0 Å². The lowest BCUT2D eigenvalue weighted by Gasteiger charge is -2.37. The molecule has 1 fully saturated rings. The Morgan fingerprint density at radius 3 is 2.65 bits per heavy atom. The number of rotatable bonds is 8. The molecule has 6 rings (SSSR count). The van der Waals surface area contributed by atoms with Crippen LogP contribution in [-0.4, -0.2) is 63.0 Å². The fourth-order valence-electron chi connectivity index (χ4n) is 5.86. The van der Waals surface area contributed by atoms with E-state index in [0.717, 1.165) is 66.0 Å². The first-order chi connectivity index (χ1) is 19.5. The maximum Gasteiger partial charge on any atom is 0.0966 e. The molecule has 5 aromatic rings. The minimum absolute atomic E-state index is 0.144. The minimum Gasteiger partial charge on any atom is -0.380 e. The monoisotopic (exact) mass is 531 g/mol. The Balaban J connectivity index is 1.33.